The highest BCUT2D eigenvalue weighted by atomic mass is 14.8. The molecule has 2 atom stereocenters. The SMILES string of the molecule is CC1C=CCC(C)(C)C1c1ccncn1. The Morgan fingerprint density at radius 3 is 2.80 bits per heavy atom. The molecule has 15 heavy (non-hydrogen) atoms. The van der Waals surface area contributed by atoms with Gasteiger partial charge >= 0.3 is 0 Å². The average molecular weight is 202 g/mol. The minimum absolute atomic E-state index is 0.294. The summed E-state index contributed by atoms with van der Waals surface area (Å²) in [4.78, 5) is 8.39. The van der Waals surface area contributed by atoms with Crippen LogP contribution in [0.1, 0.15) is 38.8 Å². The van der Waals surface area contributed by atoms with Crippen LogP contribution < -0.4 is 0 Å². The van der Waals surface area contributed by atoms with Crippen molar-refractivity contribution in [2.45, 2.75) is 33.1 Å². The first-order chi connectivity index (χ1) is 7.11. The summed E-state index contributed by atoms with van der Waals surface area (Å²) < 4.78 is 0. The lowest BCUT2D eigenvalue weighted by atomic mass is 9.66. The number of aromatic nitrogens is 2. The minimum Gasteiger partial charge on any atom is -0.245 e. The number of hydrogen-bond donors (Lipinski definition) is 0. The first-order valence-corrected chi connectivity index (χ1v) is 5.54. The van der Waals surface area contributed by atoms with Crippen molar-refractivity contribution >= 4 is 0 Å². The Bertz CT molecular complexity index is 354. The van der Waals surface area contributed by atoms with Crippen LogP contribution >= 0.6 is 0 Å². The first-order valence-electron chi connectivity index (χ1n) is 5.54. The van der Waals surface area contributed by atoms with Crippen molar-refractivity contribution in [3.8, 4) is 0 Å². The van der Waals surface area contributed by atoms with E-state index in [2.05, 4.69) is 42.9 Å². The molecular weight excluding hydrogens is 184 g/mol. The summed E-state index contributed by atoms with van der Waals surface area (Å²) >= 11 is 0. The van der Waals surface area contributed by atoms with E-state index in [4.69, 9.17) is 0 Å². The fraction of sp³-hybridized carbons (Fsp3) is 0.538. The van der Waals surface area contributed by atoms with Gasteiger partial charge in [0.2, 0.25) is 0 Å². The van der Waals surface area contributed by atoms with Crippen molar-refractivity contribution in [1.29, 1.82) is 0 Å². The molecule has 0 radical (unpaired) electrons. The summed E-state index contributed by atoms with van der Waals surface area (Å²) in [5.41, 5.74) is 1.47. The van der Waals surface area contributed by atoms with E-state index < -0.39 is 0 Å². The number of nitrogens with zero attached hydrogens (tertiary/aromatic N) is 2. The highest BCUT2D eigenvalue weighted by Crippen LogP contribution is 2.46. The molecule has 0 fully saturated rings. The van der Waals surface area contributed by atoms with Gasteiger partial charge in [0, 0.05) is 17.8 Å². The van der Waals surface area contributed by atoms with Crippen molar-refractivity contribution in [1.82, 2.24) is 9.97 Å². The van der Waals surface area contributed by atoms with Crippen LogP contribution in [-0.2, 0) is 0 Å². The molecule has 80 valence electrons. The van der Waals surface area contributed by atoms with Crippen LogP contribution in [0.15, 0.2) is 30.7 Å². The van der Waals surface area contributed by atoms with Gasteiger partial charge in [-0.2, -0.15) is 0 Å². The van der Waals surface area contributed by atoms with E-state index >= 15 is 0 Å². The molecule has 1 aromatic rings. The van der Waals surface area contributed by atoms with Crippen molar-refractivity contribution in [2.75, 3.05) is 0 Å². The summed E-state index contributed by atoms with van der Waals surface area (Å²) in [6.45, 7) is 6.91. The van der Waals surface area contributed by atoms with Crippen molar-refractivity contribution in [3.63, 3.8) is 0 Å². The van der Waals surface area contributed by atoms with Gasteiger partial charge in [-0.25, -0.2) is 9.97 Å². The topological polar surface area (TPSA) is 25.8 Å². The molecule has 2 nitrogen and oxygen atoms in total. The predicted molar refractivity (Wildman–Crippen MR) is 61.5 cm³/mol. The van der Waals surface area contributed by atoms with E-state index in [0.717, 1.165) is 6.42 Å². The highest BCUT2D eigenvalue weighted by Gasteiger charge is 2.36. The van der Waals surface area contributed by atoms with Gasteiger partial charge < -0.3 is 0 Å². The Hall–Kier alpha value is -1.18. The third-order valence-corrected chi connectivity index (χ3v) is 3.37. The van der Waals surface area contributed by atoms with Gasteiger partial charge in [0.05, 0.1) is 0 Å². The Labute approximate surface area is 91.5 Å². The lowest BCUT2D eigenvalue weighted by molar-refractivity contribution is 0.229. The molecule has 0 saturated carbocycles. The molecule has 1 aliphatic rings. The lowest BCUT2D eigenvalue weighted by Crippen LogP contribution is -2.29. The molecule has 0 N–H and O–H groups in total. The second kappa shape index (κ2) is 3.76. The van der Waals surface area contributed by atoms with Gasteiger partial charge in [0.25, 0.3) is 0 Å². The molecule has 0 aliphatic heterocycles. The fourth-order valence-electron chi connectivity index (χ4n) is 2.69. The molecule has 0 amide bonds. The Morgan fingerprint density at radius 1 is 1.40 bits per heavy atom. The molecule has 1 aromatic heterocycles. The average Bonchev–Trinajstić information content (AvgIpc) is 2.17. The van der Waals surface area contributed by atoms with Gasteiger partial charge in [0.1, 0.15) is 6.33 Å². The van der Waals surface area contributed by atoms with Gasteiger partial charge in [-0.05, 0) is 23.8 Å². The minimum atomic E-state index is 0.294. The summed E-state index contributed by atoms with van der Waals surface area (Å²) in [6, 6.07) is 2.04. The highest BCUT2D eigenvalue weighted by molar-refractivity contribution is 5.18. The molecule has 0 aromatic carbocycles. The molecule has 2 heteroatoms. The monoisotopic (exact) mass is 202 g/mol. The second-order valence-corrected chi connectivity index (χ2v) is 5.09. The zero-order chi connectivity index (χ0) is 10.9. The zero-order valence-corrected chi connectivity index (χ0v) is 9.64. The zero-order valence-electron chi connectivity index (χ0n) is 9.64. The molecule has 1 aliphatic carbocycles. The van der Waals surface area contributed by atoms with E-state index in [1.807, 2.05) is 12.3 Å². The number of hydrogen-bond acceptors (Lipinski definition) is 2. The molecule has 2 rings (SSSR count). The van der Waals surface area contributed by atoms with E-state index in [1.54, 1.807) is 6.33 Å². The summed E-state index contributed by atoms with van der Waals surface area (Å²) in [5.74, 6) is 1.06. The summed E-state index contributed by atoms with van der Waals surface area (Å²) in [6.07, 6.45) is 9.21. The number of rotatable bonds is 1. The first kappa shape index (κ1) is 10.3. The molecule has 0 bridgehead atoms. The van der Waals surface area contributed by atoms with Crippen LogP contribution in [0.4, 0.5) is 0 Å². The maximum atomic E-state index is 4.40. The molecule has 0 spiro atoms. The van der Waals surface area contributed by atoms with E-state index in [9.17, 15) is 0 Å². The van der Waals surface area contributed by atoms with Crippen LogP contribution in [0.3, 0.4) is 0 Å². The quantitative estimate of drug-likeness (QED) is 0.654. The van der Waals surface area contributed by atoms with Crippen LogP contribution in [0.2, 0.25) is 0 Å². The summed E-state index contributed by atoms with van der Waals surface area (Å²) in [5, 5.41) is 0. The standard InChI is InChI=1S/C13H18N2/c1-10-5-4-7-13(2,3)12(10)11-6-8-14-9-15-11/h4-6,8-10,12H,7H2,1-3H3. The largest absolute Gasteiger partial charge is 0.245 e. The maximum Gasteiger partial charge on any atom is 0.115 e. The van der Waals surface area contributed by atoms with E-state index in [1.165, 1.54) is 5.69 Å². The van der Waals surface area contributed by atoms with Gasteiger partial charge in [-0.3, -0.25) is 0 Å². The summed E-state index contributed by atoms with van der Waals surface area (Å²) in [7, 11) is 0. The molecule has 1 heterocycles. The second-order valence-electron chi connectivity index (χ2n) is 5.09. The van der Waals surface area contributed by atoms with Crippen molar-refractivity contribution in [3.05, 3.63) is 36.4 Å². The van der Waals surface area contributed by atoms with Gasteiger partial charge in [-0.1, -0.05) is 32.9 Å². The smallest absolute Gasteiger partial charge is 0.115 e. The fourth-order valence-corrected chi connectivity index (χ4v) is 2.69. The third kappa shape index (κ3) is 1.94. The normalized spacial score (nSPS) is 29.0. The molecule has 0 saturated heterocycles. The van der Waals surface area contributed by atoms with Crippen molar-refractivity contribution in [2.24, 2.45) is 11.3 Å². The number of allylic oxidation sites excluding steroid dienone is 2. The Morgan fingerprint density at radius 2 is 2.20 bits per heavy atom. The van der Waals surface area contributed by atoms with Gasteiger partial charge in [-0.15, -0.1) is 0 Å². The Kier molecular flexibility index (Phi) is 2.59. The van der Waals surface area contributed by atoms with Crippen LogP contribution in [0.25, 0.3) is 0 Å². The van der Waals surface area contributed by atoms with Crippen LogP contribution in [-0.4, -0.2) is 9.97 Å². The lowest BCUT2D eigenvalue weighted by Gasteiger charge is -2.39. The van der Waals surface area contributed by atoms with Crippen LogP contribution in [0.5, 0.6) is 0 Å². The Balaban J connectivity index is 2.38. The third-order valence-electron chi connectivity index (χ3n) is 3.37. The molecule has 2 unspecified atom stereocenters. The molecular formula is C13H18N2. The van der Waals surface area contributed by atoms with Crippen molar-refractivity contribution < 1.29 is 0 Å². The van der Waals surface area contributed by atoms with Crippen LogP contribution in [0, 0.1) is 11.3 Å². The van der Waals surface area contributed by atoms with E-state index in [-0.39, 0.29) is 0 Å². The van der Waals surface area contributed by atoms with Gasteiger partial charge in [0.15, 0.2) is 0 Å². The van der Waals surface area contributed by atoms with E-state index in [0.29, 0.717) is 17.3 Å². The maximum absolute atomic E-state index is 4.40. The predicted octanol–water partition coefficient (Wildman–Crippen LogP) is 3.18.